The van der Waals surface area contributed by atoms with Gasteiger partial charge in [0.15, 0.2) is 16.7 Å². The number of nitrogens with zero attached hydrogens (tertiary/aromatic N) is 3. The van der Waals surface area contributed by atoms with Gasteiger partial charge in [0.1, 0.15) is 33.8 Å². The quantitative estimate of drug-likeness (QED) is 0.163. The SMILES string of the molecule is Oc1ccccc1-c1nc2ccccc2o1.Oc1ccccc1-c1nc2ccccc2o1.Oc1ccccc1-c1nc2ccccc2o1.[Y]. The summed E-state index contributed by atoms with van der Waals surface area (Å²) < 4.78 is 16.7. The molecule has 1 radical (unpaired) electrons. The summed E-state index contributed by atoms with van der Waals surface area (Å²) in [4.78, 5) is 13.0. The minimum atomic E-state index is 0. The van der Waals surface area contributed by atoms with Crippen molar-refractivity contribution in [3.8, 4) is 51.6 Å². The van der Waals surface area contributed by atoms with Crippen molar-refractivity contribution in [1.29, 1.82) is 0 Å². The van der Waals surface area contributed by atoms with Gasteiger partial charge in [-0.2, -0.15) is 0 Å². The molecule has 0 unspecified atom stereocenters. The van der Waals surface area contributed by atoms with E-state index in [1.54, 1.807) is 54.6 Å². The smallest absolute Gasteiger partial charge is 0.231 e. The molecule has 3 N–H and O–H groups in total. The van der Waals surface area contributed by atoms with Crippen LogP contribution in [0.1, 0.15) is 0 Å². The fourth-order valence-corrected chi connectivity index (χ4v) is 4.93. The van der Waals surface area contributed by atoms with Crippen molar-refractivity contribution in [2.24, 2.45) is 0 Å². The summed E-state index contributed by atoms with van der Waals surface area (Å²) in [5, 5.41) is 29.1. The molecule has 0 aliphatic heterocycles. The minimum Gasteiger partial charge on any atom is -0.507 e. The number of aromatic hydroxyl groups is 3. The fraction of sp³-hybridized carbons (Fsp3) is 0. The van der Waals surface area contributed by atoms with Crippen LogP contribution in [0.3, 0.4) is 0 Å². The largest absolute Gasteiger partial charge is 0.507 e. The monoisotopic (exact) mass is 722 g/mol. The molecule has 0 saturated carbocycles. The Hall–Kier alpha value is -5.77. The Bertz CT molecular complexity index is 2110. The summed E-state index contributed by atoms with van der Waals surface area (Å²) in [7, 11) is 0. The van der Waals surface area contributed by atoms with Gasteiger partial charge < -0.3 is 28.6 Å². The van der Waals surface area contributed by atoms with Crippen molar-refractivity contribution in [1.82, 2.24) is 15.0 Å². The molecular formula is C39H27N3O6Y. The third-order valence-electron chi connectivity index (χ3n) is 7.29. The molecule has 0 saturated heterocycles. The van der Waals surface area contributed by atoms with Gasteiger partial charge in [-0.15, -0.1) is 0 Å². The predicted octanol–water partition coefficient (Wildman–Crippen LogP) is 9.60. The molecule has 49 heavy (non-hydrogen) atoms. The second-order valence-electron chi connectivity index (χ2n) is 10.5. The zero-order valence-electron chi connectivity index (χ0n) is 25.8. The van der Waals surface area contributed by atoms with Crippen LogP contribution in [0.2, 0.25) is 0 Å². The second-order valence-corrected chi connectivity index (χ2v) is 10.5. The van der Waals surface area contributed by atoms with E-state index in [1.807, 2.05) is 91.0 Å². The third-order valence-corrected chi connectivity index (χ3v) is 7.29. The van der Waals surface area contributed by atoms with E-state index < -0.39 is 0 Å². The number of oxazole rings is 3. The molecule has 0 atom stereocenters. The van der Waals surface area contributed by atoms with Crippen LogP contribution in [0.5, 0.6) is 17.2 Å². The molecule has 10 heteroatoms. The summed E-state index contributed by atoms with van der Waals surface area (Å²) in [5.74, 6) is 1.86. The number of para-hydroxylation sites is 9. The molecule has 0 spiro atoms. The zero-order valence-corrected chi connectivity index (χ0v) is 28.7. The molecule has 9 aromatic rings. The molecule has 237 valence electrons. The number of fused-ring (bicyclic) bond motifs is 3. The number of phenols is 3. The van der Waals surface area contributed by atoms with Gasteiger partial charge in [-0.1, -0.05) is 72.8 Å². The fourth-order valence-electron chi connectivity index (χ4n) is 4.93. The van der Waals surface area contributed by atoms with Crippen molar-refractivity contribution in [3.63, 3.8) is 0 Å². The molecule has 0 aliphatic carbocycles. The van der Waals surface area contributed by atoms with Crippen LogP contribution >= 0.6 is 0 Å². The van der Waals surface area contributed by atoms with Gasteiger partial charge in [-0.3, -0.25) is 0 Å². The van der Waals surface area contributed by atoms with Gasteiger partial charge in [-0.05, 0) is 72.8 Å². The molecule has 3 heterocycles. The Morgan fingerprint density at radius 3 is 0.837 bits per heavy atom. The van der Waals surface area contributed by atoms with Crippen LogP contribution in [0.25, 0.3) is 67.7 Å². The topological polar surface area (TPSA) is 139 Å². The zero-order chi connectivity index (χ0) is 32.9. The van der Waals surface area contributed by atoms with Gasteiger partial charge in [0.2, 0.25) is 17.7 Å². The van der Waals surface area contributed by atoms with Crippen molar-refractivity contribution in [3.05, 3.63) is 146 Å². The van der Waals surface area contributed by atoms with Gasteiger partial charge in [0.05, 0.1) is 16.7 Å². The van der Waals surface area contributed by atoms with Crippen molar-refractivity contribution in [2.45, 2.75) is 0 Å². The van der Waals surface area contributed by atoms with E-state index in [1.165, 1.54) is 0 Å². The van der Waals surface area contributed by atoms with Crippen molar-refractivity contribution in [2.75, 3.05) is 0 Å². The van der Waals surface area contributed by atoms with Crippen LogP contribution in [0.15, 0.2) is 159 Å². The molecule has 0 amide bonds. The van der Waals surface area contributed by atoms with Crippen molar-refractivity contribution < 1.29 is 61.3 Å². The summed E-state index contributed by atoms with van der Waals surface area (Å²) in [6.45, 7) is 0. The summed E-state index contributed by atoms with van der Waals surface area (Å²) in [5.41, 5.74) is 6.38. The average molecular weight is 723 g/mol. The minimum absolute atomic E-state index is 0. The normalized spacial score (nSPS) is 10.5. The second kappa shape index (κ2) is 15.0. The maximum Gasteiger partial charge on any atom is 0.231 e. The number of hydrogen-bond acceptors (Lipinski definition) is 9. The maximum absolute atomic E-state index is 9.69. The number of benzene rings is 6. The summed E-state index contributed by atoms with van der Waals surface area (Å²) in [6.07, 6.45) is 0. The van der Waals surface area contributed by atoms with E-state index in [0.717, 1.165) is 33.3 Å². The van der Waals surface area contributed by atoms with Crippen LogP contribution in [0.4, 0.5) is 0 Å². The van der Waals surface area contributed by atoms with E-state index in [-0.39, 0.29) is 50.0 Å². The first-order valence-electron chi connectivity index (χ1n) is 15.0. The molecule has 0 aliphatic rings. The van der Waals surface area contributed by atoms with Gasteiger partial charge in [-0.25, -0.2) is 15.0 Å². The molecule has 0 bridgehead atoms. The Kier molecular flexibility index (Phi) is 10.1. The van der Waals surface area contributed by atoms with E-state index in [9.17, 15) is 15.3 Å². The molecular weight excluding hydrogens is 695 g/mol. The van der Waals surface area contributed by atoms with E-state index in [0.29, 0.717) is 34.4 Å². The third kappa shape index (κ3) is 7.38. The first-order valence-corrected chi connectivity index (χ1v) is 15.0. The number of hydrogen-bond donors (Lipinski definition) is 3. The Balaban J connectivity index is 0.000000126. The molecule has 6 aromatic carbocycles. The average Bonchev–Trinajstić information content (AvgIpc) is 3.86. The van der Waals surface area contributed by atoms with Crippen LogP contribution in [0, 0.1) is 0 Å². The van der Waals surface area contributed by atoms with E-state index in [2.05, 4.69) is 15.0 Å². The van der Waals surface area contributed by atoms with E-state index >= 15 is 0 Å². The Morgan fingerprint density at radius 2 is 0.571 bits per heavy atom. The van der Waals surface area contributed by atoms with E-state index in [4.69, 9.17) is 13.3 Å². The predicted molar refractivity (Wildman–Crippen MR) is 183 cm³/mol. The standard InChI is InChI=1S/3C13H9NO2.Y/c3*15-11-7-3-1-5-9(11)13-14-10-6-2-4-8-12(10)16-13;/h3*1-8,15H;. The number of aromatic nitrogens is 3. The number of phenolic OH excluding ortho intramolecular Hbond substituents is 3. The van der Waals surface area contributed by atoms with Crippen LogP contribution in [-0.4, -0.2) is 30.3 Å². The molecule has 0 fully saturated rings. The molecule has 9 nitrogen and oxygen atoms in total. The first kappa shape index (κ1) is 33.1. The molecule has 9 rings (SSSR count). The van der Waals surface area contributed by atoms with Gasteiger partial charge >= 0.3 is 0 Å². The van der Waals surface area contributed by atoms with Crippen molar-refractivity contribution >= 4 is 33.3 Å². The van der Waals surface area contributed by atoms with Crippen LogP contribution < -0.4 is 0 Å². The number of rotatable bonds is 3. The maximum atomic E-state index is 9.69. The van der Waals surface area contributed by atoms with Gasteiger partial charge in [0, 0.05) is 32.7 Å². The first-order chi connectivity index (χ1) is 23.5. The van der Waals surface area contributed by atoms with Gasteiger partial charge in [0.25, 0.3) is 0 Å². The van der Waals surface area contributed by atoms with Crippen LogP contribution in [-0.2, 0) is 32.7 Å². The summed E-state index contributed by atoms with van der Waals surface area (Å²) in [6, 6.07) is 43.6. The Morgan fingerprint density at radius 1 is 0.327 bits per heavy atom. The molecule has 3 aromatic heterocycles. The summed E-state index contributed by atoms with van der Waals surface area (Å²) >= 11 is 0. The Labute approximate surface area is 305 Å².